The van der Waals surface area contributed by atoms with Crippen molar-refractivity contribution in [3.05, 3.63) is 0 Å². The highest BCUT2D eigenvalue weighted by atomic mass is 28.3. The highest BCUT2D eigenvalue weighted by molar-refractivity contribution is 6.47. The zero-order valence-corrected chi connectivity index (χ0v) is 16.9. The molecule has 18 heavy (non-hydrogen) atoms. The lowest BCUT2D eigenvalue weighted by Gasteiger charge is -2.38. The van der Waals surface area contributed by atoms with Gasteiger partial charge in [-0.3, -0.25) is 0 Å². The molecule has 0 heterocycles. The first kappa shape index (κ1) is 18.3. The average molecular weight is 290 g/mol. The zero-order valence-electron chi connectivity index (χ0n) is 14.1. The number of hydrogen-bond donors (Lipinski definition) is 0. The van der Waals surface area contributed by atoms with Crippen LogP contribution in [0.3, 0.4) is 0 Å². The fourth-order valence-corrected chi connectivity index (χ4v) is 6.61. The van der Waals surface area contributed by atoms with Gasteiger partial charge in [0.25, 0.3) is 0 Å². The Bertz CT molecular complexity index is 182. The highest BCUT2D eigenvalue weighted by Crippen LogP contribution is 2.06. The summed E-state index contributed by atoms with van der Waals surface area (Å²) in [5.74, 6) is 0. The molecule has 0 saturated carbocycles. The van der Waals surface area contributed by atoms with E-state index in [2.05, 4.69) is 75.8 Å². The Hall–Kier alpha value is 0.314. The van der Waals surface area contributed by atoms with Crippen LogP contribution in [0.4, 0.5) is 0 Å². The molecule has 0 radical (unpaired) electrons. The molecule has 0 atom stereocenters. The molecule has 5 heteroatoms. The van der Waals surface area contributed by atoms with Gasteiger partial charge < -0.3 is 13.4 Å². The molecule has 0 aliphatic heterocycles. The zero-order chi connectivity index (χ0) is 14.5. The Kier molecular flexibility index (Phi) is 8.63. The van der Waals surface area contributed by atoms with E-state index in [-0.39, 0.29) is 19.7 Å². The summed E-state index contributed by atoms with van der Waals surface area (Å²) in [7, 11) is 1.81. The highest BCUT2D eigenvalue weighted by Gasteiger charge is 2.20. The van der Waals surface area contributed by atoms with Crippen LogP contribution in [0.25, 0.3) is 0 Å². The standard InChI is InChI=1S/C13H35N3Si2/c1-10(2)15(11(3)4)17-14(9)18-16(12(5)6)13(7)8/h10-13H,17-18H2,1-9H3. The molecule has 0 aromatic carbocycles. The second-order valence-corrected chi connectivity index (χ2v) is 11.6. The normalized spacial score (nSPS) is 14.7. The van der Waals surface area contributed by atoms with E-state index in [9.17, 15) is 0 Å². The topological polar surface area (TPSA) is 9.72 Å². The third kappa shape index (κ3) is 6.47. The van der Waals surface area contributed by atoms with Crippen molar-refractivity contribution >= 4 is 19.7 Å². The predicted octanol–water partition coefficient (Wildman–Crippen LogP) is 1.15. The quantitative estimate of drug-likeness (QED) is 0.621. The van der Waals surface area contributed by atoms with Gasteiger partial charge in [-0.1, -0.05) is 55.4 Å². The van der Waals surface area contributed by atoms with Gasteiger partial charge in [0, 0.05) is 0 Å². The molecule has 3 nitrogen and oxygen atoms in total. The van der Waals surface area contributed by atoms with Crippen LogP contribution in [0.5, 0.6) is 0 Å². The maximum Gasteiger partial charge on any atom is 0.167 e. The minimum absolute atomic E-state index is 0.265. The molecule has 0 aliphatic carbocycles. The van der Waals surface area contributed by atoms with Gasteiger partial charge in [-0.05, 0) is 31.2 Å². The van der Waals surface area contributed by atoms with Crippen LogP contribution in [0, 0.1) is 0 Å². The van der Waals surface area contributed by atoms with Crippen molar-refractivity contribution in [2.75, 3.05) is 7.05 Å². The monoisotopic (exact) mass is 289 g/mol. The molecule has 0 unspecified atom stereocenters. The molecule has 0 rings (SSSR count). The molecule has 0 aromatic heterocycles. The Balaban J connectivity index is 4.42. The Morgan fingerprint density at radius 3 is 0.944 bits per heavy atom. The van der Waals surface area contributed by atoms with Crippen molar-refractivity contribution < 1.29 is 0 Å². The van der Waals surface area contributed by atoms with Gasteiger partial charge in [-0.25, -0.2) is 0 Å². The summed E-state index contributed by atoms with van der Waals surface area (Å²) in [4.78, 5) is 0. The Morgan fingerprint density at radius 2 is 0.778 bits per heavy atom. The van der Waals surface area contributed by atoms with Crippen molar-refractivity contribution in [3.8, 4) is 0 Å². The summed E-state index contributed by atoms with van der Waals surface area (Å²) in [6.45, 7) is 18.6. The molecule has 0 N–H and O–H groups in total. The van der Waals surface area contributed by atoms with E-state index in [4.69, 9.17) is 0 Å². The van der Waals surface area contributed by atoms with E-state index in [1.165, 1.54) is 0 Å². The molecule has 0 amide bonds. The maximum absolute atomic E-state index is 2.70. The number of hydrogen-bond acceptors (Lipinski definition) is 3. The van der Waals surface area contributed by atoms with Gasteiger partial charge in [-0.15, -0.1) is 0 Å². The van der Waals surface area contributed by atoms with E-state index in [0.29, 0.717) is 24.2 Å². The summed E-state index contributed by atoms with van der Waals surface area (Å²) >= 11 is 0. The molecule has 0 fully saturated rings. The molecular weight excluding hydrogens is 254 g/mol. The van der Waals surface area contributed by atoms with E-state index >= 15 is 0 Å². The van der Waals surface area contributed by atoms with Crippen molar-refractivity contribution in [2.45, 2.75) is 79.6 Å². The van der Waals surface area contributed by atoms with E-state index < -0.39 is 0 Å². The van der Waals surface area contributed by atoms with Crippen LogP contribution < -0.4 is 0 Å². The second kappa shape index (κ2) is 8.48. The molecule has 0 bridgehead atoms. The SMILES string of the molecule is CC(C)N([SiH2]N(C)[SiH2]N(C(C)C)C(C)C)C(C)C. The Labute approximate surface area is 120 Å². The van der Waals surface area contributed by atoms with Gasteiger partial charge in [0.05, 0.1) is 0 Å². The summed E-state index contributed by atoms with van der Waals surface area (Å²) in [6.07, 6.45) is 0. The Morgan fingerprint density at radius 1 is 0.556 bits per heavy atom. The molecule has 0 saturated heterocycles. The minimum Gasteiger partial charge on any atom is -0.334 e. The first-order chi connectivity index (χ1) is 8.16. The predicted molar refractivity (Wildman–Crippen MR) is 89.1 cm³/mol. The molecule has 0 aromatic rings. The van der Waals surface area contributed by atoms with Crippen molar-refractivity contribution in [1.82, 2.24) is 13.4 Å². The van der Waals surface area contributed by atoms with Crippen LogP contribution in [-0.2, 0) is 0 Å². The number of nitrogens with zero attached hydrogens (tertiary/aromatic N) is 3. The second-order valence-electron chi connectivity index (χ2n) is 6.54. The largest absolute Gasteiger partial charge is 0.334 e. The van der Waals surface area contributed by atoms with Gasteiger partial charge in [-0.2, -0.15) is 0 Å². The summed E-state index contributed by atoms with van der Waals surface area (Å²) in [5, 5.41) is 0. The average Bonchev–Trinajstić information content (AvgIpc) is 2.20. The summed E-state index contributed by atoms with van der Waals surface area (Å²) in [5.41, 5.74) is 0. The van der Waals surface area contributed by atoms with Crippen LogP contribution >= 0.6 is 0 Å². The molecule has 110 valence electrons. The van der Waals surface area contributed by atoms with Crippen molar-refractivity contribution in [3.63, 3.8) is 0 Å². The maximum atomic E-state index is 2.70. The van der Waals surface area contributed by atoms with E-state index in [0.717, 1.165) is 0 Å². The van der Waals surface area contributed by atoms with Gasteiger partial charge in [0.2, 0.25) is 0 Å². The molecule has 0 spiro atoms. The number of rotatable bonds is 8. The van der Waals surface area contributed by atoms with Gasteiger partial charge in [0.15, 0.2) is 19.7 Å². The van der Waals surface area contributed by atoms with Crippen LogP contribution in [0.15, 0.2) is 0 Å². The van der Waals surface area contributed by atoms with Crippen molar-refractivity contribution in [2.24, 2.45) is 0 Å². The minimum atomic E-state index is -0.265. The van der Waals surface area contributed by atoms with Crippen molar-refractivity contribution in [1.29, 1.82) is 0 Å². The summed E-state index contributed by atoms with van der Waals surface area (Å²) < 4.78 is 8.09. The van der Waals surface area contributed by atoms with E-state index in [1.54, 1.807) is 0 Å². The van der Waals surface area contributed by atoms with Crippen LogP contribution in [0.1, 0.15) is 55.4 Å². The third-order valence-corrected chi connectivity index (χ3v) is 9.20. The van der Waals surface area contributed by atoms with Crippen LogP contribution in [-0.4, -0.2) is 64.3 Å². The van der Waals surface area contributed by atoms with Gasteiger partial charge >= 0.3 is 0 Å². The fraction of sp³-hybridized carbons (Fsp3) is 1.00. The molecule has 0 aliphatic rings. The first-order valence-electron chi connectivity index (χ1n) is 7.36. The lowest BCUT2D eigenvalue weighted by molar-refractivity contribution is 0.283. The van der Waals surface area contributed by atoms with E-state index in [1.807, 2.05) is 0 Å². The third-order valence-electron chi connectivity index (χ3n) is 3.46. The molecular formula is C13H35N3Si2. The van der Waals surface area contributed by atoms with Gasteiger partial charge in [0.1, 0.15) is 0 Å². The van der Waals surface area contributed by atoms with Crippen LogP contribution in [0.2, 0.25) is 0 Å². The lowest BCUT2D eigenvalue weighted by Crippen LogP contribution is -2.54. The fourth-order valence-electron chi connectivity index (χ4n) is 2.45. The smallest absolute Gasteiger partial charge is 0.167 e. The first-order valence-corrected chi connectivity index (χ1v) is 9.89. The summed E-state index contributed by atoms with van der Waals surface area (Å²) in [6, 6.07) is 2.72. The lowest BCUT2D eigenvalue weighted by atomic mass is 10.3.